The summed E-state index contributed by atoms with van der Waals surface area (Å²) in [6, 6.07) is 6.10. The third-order valence-corrected chi connectivity index (χ3v) is 4.23. The molecule has 0 fully saturated rings. The summed E-state index contributed by atoms with van der Waals surface area (Å²) >= 11 is 1.58. The second kappa shape index (κ2) is 7.43. The molecule has 4 heteroatoms. The molecule has 0 amide bonds. The molecule has 0 aliphatic carbocycles. The van der Waals surface area contributed by atoms with Crippen molar-refractivity contribution < 1.29 is 9.90 Å². The van der Waals surface area contributed by atoms with Gasteiger partial charge in [-0.15, -0.1) is 11.8 Å². The Morgan fingerprint density at radius 3 is 2.53 bits per heavy atom. The van der Waals surface area contributed by atoms with Crippen LogP contribution < -0.4 is 4.90 Å². The van der Waals surface area contributed by atoms with Gasteiger partial charge in [-0.25, -0.2) is 4.79 Å². The smallest absolute Gasteiger partial charge is 0.338 e. The third-order valence-electron chi connectivity index (χ3n) is 3.29. The molecular formula is C15H23NO2S. The Kier molecular flexibility index (Phi) is 6.22. The minimum atomic E-state index is -0.840. The molecule has 0 saturated heterocycles. The standard InChI is InChI=1S/C15H23NO2S/c1-5-11(4)16(6-2)12-9-8-10-13(19-7-3)14(12)15(17)18/h8-11H,5-7H2,1-4H3,(H,17,18). The summed E-state index contributed by atoms with van der Waals surface area (Å²) in [5, 5.41) is 9.53. The number of aromatic carboxylic acids is 1. The van der Waals surface area contributed by atoms with Gasteiger partial charge < -0.3 is 10.0 Å². The Morgan fingerprint density at radius 1 is 1.37 bits per heavy atom. The Morgan fingerprint density at radius 2 is 2.05 bits per heavy atom. The Hall–Kier alpha value is -1.16. The first-order valence-electron chi connectivity index (χ1n) is 6.82. The van der Waals surface area contributed by atoms with E-state index in [9.17, 15) is 9.90 Å². The number of nitrogens with zero attached hydrogens (tertiary/aromatic N) is 1. The Balaban J connectivity index is 3.32. The van der Waals surface area contributed by atoms with Crippen molar-refractivity contribution in [3.05, 3.63) is 23.8 Å². The number of benzene rings is 1. The van der Waals surface area contributed by atoms with Gasteiger partial charge in [-0.2, -0.15) is 0 Å². The van der Waals surface area contributed by atoms with Gasteiger partial charge in [0.25, 0.3) is 0 Å². The van der Waals surface area contributed by atoms with E-state index < -0.39 is 5.97 Å². The number of anilines is 1. The van der Waals surface area contributed by atoms with Crippen LogP contribution in [0, 0.1) is 0 Å². The van der Waals surface area contributed by atoms with Crippen LogP contribution in [0.3, 0.4) is 0 Å². The van der Waals surface area contributed by atoms with E-state index >= 15 is 0 Å². The zero-order valence-electron chi connectivity index (χ0n) is 12.1. The maximum atomic E-state index is 11.6. The number of carbonyl (C=O) groups is 1. The fourth-order valence-corrected chi connectivity index (χ4v) is 3.01. The quantitative estimate of drug-likeness (QED) is 0.763. The summed E-state index contributed by atoms with van der Waals surface area (Å²) in [7, 11) is 0. The molecule has 3 nitrogen and oxygen atoms in total. The topological polar surface area (TPSA) is 40.5 Å². The lowest BCUT2D eigenvalue weighted by Gasteiger charge is -2.31. The molecule has 1 atom stereocenters. The summed E-state index contributed by atoms with van der Waals surface area (Å²) in [6.07, 6.45) is 0.998. The molecule has 1 N–H and O–H groups in total. The first-order chi connectivity index (χ1) is 9.06. The fourth-order valence-electron chi connectivity index (χ4n) is 2.19. The third kappa shape index (κ3) is 3.66. The molecule has 1 aromatic carbocycles. The number of thioether (sulfide) groups is 1. The molecule has 0 heterocycles. The monoisotopic (exact) mass is 281 g/mol. The SMILES string of the molecule is CCSc1cccc(N(CC)C(C)CC)c1C(=O)O. The predicted molar refractivity (Wildman–Crippen MR) is 82.6 cm³/mol. The molecule has 1 rings (SSSR count). The normalized spacial score (nSPS) is 12.2. The minimum Gasteiger partial charge on any atom is -0.478 e. The van der Waals surface area contributed by atoms with E-state index in [2.05, 4.69) is 25.7 Å². The lowest BCUT2D eigenvalue weighted by atomic mass is 10.1. The molecule has 0 aliphatic rings. The number of hydrogen-bond donors (Lipinski definition) is 1. The Bertz CT molecular complexity index is 434. The highest BCUT2D eigenvalue weighted by Gasteiger charge is 2.21. The van der Waals surface area contributed by atoms with Gasteiger partial charge in [0.15, 0.2) is 0 Å². The van der Waals surface area contributed by atoms with Crippen molar-refractivity contribution in [2.75, 3.05) is 17.2 Å². The first-order valence-corrected chi connectivity index (χ1v) is 7.81. The summed E-state index contributed by atoms with van der Waals surface area (Å²) in [5.74, 6) is 0.0347. The van der Waals surface area contributed by atoms with E-state index in [4.69, 9.17) is 0 Å². The van der Waals surface area contributed by atoms with Crippen LogP contribution >= 0.6 is 11.8 Å². The molecule has 0 saturated carbocycles. The molecule has 1 aromatic rings. The van der Waals surface area contributed by atoms with Crippen LogP contribution in [0.5, 0.6) is 0 Å². The van der Waals surface area contributed by atoms with Gasteiger partial charge in [-0.05, 0) is 38.2 Å². The van der Waals surface area contributed by atoms with Gasteiger partial charge in [0.1, 0.15) is 0 Å². The van der Waals surface area contributed by atoms with Gasteiger partial charge in [0.05, 0.1) is 11.3 Å². The van der Waals surface area contributed by atoms with E-state index in [0.717, 1.165) is 29.3 Å². The molecule has 19 heavy (non-hydrogen) atoms. The highest BCUT2D eigenvalue weighted by molar-refractivity contribution is 7.99. The maximum absolute atomic E-state index is 11.6. The summed E-state index contributed by atoms with van der Waals surface area (Å²) < 4.78 is 0. The molecule has 0 radical (unpaired) electrons. The predicted octanol–water partition coefficient (Wildman–Crippen LogP) is 4.12. The van der Waals surface area contributed by atoms with Crippen LogP contribution in [-0.2, 0) is 0 Å². The van der Waals surface area contributed by atoms with Crippen molar-refractivity contribution in [1.29, 1.82) is 0 Å². The van der Waals surface area contributed by atoms with Crippen LogP contribution in [0.2, 0.25) is 0 Å². The lowest BCUT2D eigenvalue weighted by Crippen LogP contribution is -2.33. The zero-order valence-corrected chi connectivity index (χ0v) is 13.0. The molecule has 0 aliphatic heterocycles. The maximum Gasteiger partial charge on any atom is 0.338 e. The van der Waals surface area contributed by atoms with Crippen molar-refractivity contribution >= 4 is 23.4 Å². The van der Waals surface area contributed by atoms with Crippen molar-refractivity contribution in [1.82, 2.24) is 0 Å². The summed E-state index contributed by atoms with van der Waals surface area (Å²) in [5.41, 5.74) is 1.28. The van der Waals surface area contributed by atoms with E-state index in [1.54, 1.807) is 11.8 Å². The highest BCUT2D eigenvalue weighted by atomic mass is 32.2. The van der Waals surface area contributed by atoms with Crippen molar-refractivity contribution in [2.45, 2.75) is 45.1 Å². The van der Waals surface area contributed by atoms with E-state index in [-0.39, 0.29) is 0 Å². The first kappa shape index (κ1) is 15.9. The van der Waals surface area contributed by atoms with Crippen LogP contribution in [0.4, 0.5) is 5.69 Å². The fraction of sp³-hybridized carbons (Fsp3) is 0.533. The van der Waals surface area contributed by atoms with Gasteiger partial charge in [-0.3, -0.25) is 0 Å². The largest absolute Gasteiger partial charge is 0.478 e. The molecule has 1 unspecified atom stereocenters. The highest BCUT2D eigenvalue weighted by Crippen LogP contribution is 2.32. The number of carboxylic acid groups (broad SMARTS) is 1. The van der Waals surface area contributed by atoms with Crippen molar-refractivity contribution in [2.24, 2.45) is 0 Å². The van der Waals surface area contributed by atoms with E-state index in [1.807, 2.05) is 25.1 Å². The van der Waals surface area contributed by atoms with Gasteiger partial charge >= 0.3 is 5.97 Å². The van der Waals surface area contributed by atoms with Gasteiger partial charge in [-0.1, -0.05) is 19.9 Å². The number of hydrogen-bond acceptors (Lipinski definition) is 3. The second-order valence-electron chi connectivity index (χ2n) is 4.43. The lowest BCUT2D eigenvalue weighted by molar-refractivity contribution is 0.0693. The van der Waals surface area contributed by atoms with Gasteiger partial charge in [0, 0.05) is 17.5 Å². The van der Waals surface area contributed by atoms with Crippen molar-refractivity contribution in [3.8, 4) is 0 Å². The van der Waals surface area contributed by atoms with Crippen LogP contribution in [-0.4, -0.2) is 29.4 Å². The molecule has 106 valence electrons. The van der Waals surface area contributed by atoms with Crippen molar-refractivity contribution in [3.63, 3.8) is 0 Å². The average Bonchev–Trinajstić information content (AvgIpc) is 2.39. The van der Waals surface area contributed by atoms with Crippen LogP contribution in [0.1, 0.15) is 44.5 Å². The van der Waals surface area contributed by atoms with Crippen LogP contribution in [0.15, 0.2) is 23.1 Å². The number of rotatable bonds is 7. The average molecular weight is 281 g/mol. The van der Waals surface area contributed by atoms with Crippen LogP contribution in [0.25, 0.3) is 0 Å². The summed E-state index contributed by atoms with van der Waals surface area (Å²) in [6.45, 7) is 9.18. The molecular weight excluding hydrogens is 258 g/mol. The number of carboxylic acids is 1. The Labute approximate surface area is 120 Å². The zero-order chi connectivity index (χ0) is 14.4. The second-order valence-corrected chi connectivity index (χ2v) is 5.74. The van der Waals surface area contributed by atoms with E-state index in [0.29, 0.717) is 11.6 Å². The molecule has 0 bridgehead atoms. The molecule has 0 aromatic heterocycles. The molecule has 0 spiro atoms. The van der Waals surface area contributed by atoms with E-state index in [1.165, 1.54) is 0 Å². The minimum absolute atomic E-state index is 0.338. The summed E-state index contributed by atoms with van der Waals surface area (Å²) in [4.78, 5) is 14.6. The van der Waals surface area contributed by atoms with Gasteiger partial charge in [0.2, 0.25) is 0 Å².